The number of benzene rings is 1. The summed E-state index contributed by atoms with van der Waals surface area (Å²) in [6.45, 7) is 8.30. The molecule has 1 aromatic carbocycles. The molecule has 0 spiro atoms. The van der Waals surface area contributed by atoms with Gasteiger partial charge in [0.05, 0.1) is 21.0 Å². The van der Waals surface area contributed by atoms with E-state index in [1.165, 1.54) is 22.3 Å². The Balaban J connectivity index is 1.85. The number of aromatic nitrogens is 3. The zero-order valence-electron chi connectivity index (χ0n) is 15.5. The lowest BCUT2D eigenvalue weighted by atomic mass is 9.89. The molecule has 0 amide bonds. The van der Waals surface area contributed by atoms with Crippen molar-refractivity contribution < 1.29 is 5.11 Å². The van der Waals surface area contributed by atoms with Gasteiger partial charge in [0.2, 0.25) is 10.8 Å². The Morgan fingerprint density at radius 2 is 1.89 bits per heavy atom. The third-order valence-corrected chi connectivity index (χ3v) is 6.89. The van der Waals surface area contributed by atoms with Crippen molar-refractivity contribution in [2.24, 2.45) is 11.8 Å². The van der Waals surface area contributed by atoms with Gasteiger partial charge in [-0.1, -0.05) is 54.5 Å². The summed E-state index contributed by atoms with van der Waals surface area (Å²) in [7, 11) is 0. The smallest absolute Gasteiger partial charge is 0.230 e. The summed E-state index contributed by atoms with van der Waals surface area (Å²) in [5.41, 5.74) is 1.02. The van der Waals surface area contributed by atoms with Crippen molar-refractivity contribution in [3.05, 3.63) is 44.5 Å². The average molecular weight is 425 g/mol. The molecule has 8 heteroatoms. The first-order valence-corrected chi connectivity index (χ1v) is 10.6. The first-order chi connectivity index (χ1) is 12.8. The lowest BCUT2D eigenvalue weighted by molar-refractivity contribution is 0.112. The molecule has 0 saturated carbocycles. The third-order valence-electron chi connectivity index (χ3n) is 5.08. The van der Waals surface area contributed by atoms with E-state index in [1.54, 1.807) is 0 Å². The Morgan fingerprint density at radius 3 is 2.52 bits per heavy atom. The fraction of sp³-hybridized carbons (Fsp3) is 0.474. The number of piperidine rings is 1. The molecule has 3 atom stereocenters. The highest BCUT2D eigenvalue weighted by molar-refractivity contribution is 7.17. The van der Waals surface area contributed by atoms with Crippen molar-refractivity contribution in [1.82, 2.24) is 19.5 Å². The van der Waals surface area contributed by atoms with Gasteiger partial charge in [-0.25, -0.2) is 4.98 Å². The van der Waals surface area contributed by atoms with Crippen LogP contribution in [0.4, 0.5) is 0 Å². The van der Waals surface area contributed by atoms with Gasteiger partial charge in [0.25, 0.3) is 0 Å². The molecule has 0 unspecified atom stereocenters. The number of hydrogen-bond acceptors (Lipinski definition) is 5. The van der Waals surface area contributed by atoms with E-state index < -0.39 is 0 Å². The standard InChI is InChI=1S/C19H22Cl2N4OS/c1-10-6-11(2)9-24(8-10)16(13-4-5-14(20)15(21)7-13)17-18(26)25-19(27-17)22-12(3)23-25/h4-5,7,10-11,16,26H,6,8-9H2,1-3H3/t10-,11-,16+/m0/s1. The molecule has 0 aliphatic carbocycles. The summed E-state index contributed by atoms with van der Waals surface area (Å²) >= 11 is 13.9. The minimum Gasteiger partial charge on any atom is -0.492 e. The third kappa shape index (κ3) is 3.56. The molecule has 1 aliphatic heterocycles. The number of aromatic hydroxyl groups is 1. The minimum atomic E-state index is -0.112. The van der Waals surface area contributed by atoms with Crippen LogP contribution in [-0.4, -0.2) is 37.7 Å². The van der Waals surface area contributed by atoms with Crippen LogP contribution < -0.4 is 0 Å². The molecule has 1 fully saturated rings. The van der Waals surface area contributed by atoms with Gasteiger partial charge in [-0.3, -0.25) is 4.90 Å². The normalized spacial score (nSPS) is 22.4. The number of likely N-dealkylation sites (tertiary alicyclic amines) is 1. The maximum atomic E-state index is 10.9. The van der Waals surface area contributed by atoms with Crippen molar-refractivity contribution >= 4 is 39.5 Å². The van der Waals surface area contributed by atoms with Crippen LogP contribution in [0.2, 0.25) is 10.0 Å². The monoisotopic (exact) mass is 424 g/mol. The molecule has 0 radical (unpaired) electrons. The largest absolute Gasteiger partial charge is 0.492 e. The zero-order chi connectivity index (χ0) is 19.3. The molecule has 5 nitrogen and oxygen atoms in total. The first kappa shape index (κ1) is 19.0. The highest BCUT2D eigenvalue weighted by Crippen LogP contribution is 2.43. The number of fused-ring (bicyclic) bond motifs is 1. The summed E-state index contributed by atoms with van der Waals surface area (Å²) in [5, 5.41) is 16.3. The van der Waals surface area contributed by atoms with E-state index in [4.69, 9.17) is 23.2 Å². The lowest BCUT2D eigenvalue weighted by Gasteiger charge is -2.40. The summed E-state index contributed by atoms with van der Waals surface area (Å²) in [4.78, 5) is 8.38. The second-order valence-corrected chi connectivity index (χ2v) is 9.44. The number of nitrogens with zero attached hydrogens (tertiary/aromatic N) is 4. The second kappa shape index (κ2) is 7.24. The van der Waals surface area contributed by atoms with E-state index in [0.29, 0.717) is 32.7 Å². The summed E-state index contributed by atoms with van der Waals surface area (Å²) in [6.07, 6.45) is 1.21. The molecule has 0 bridgehead atoms. The van der Waals surface area contributed by atoms with Crippen molar-refractivity contribution in [2.75, 3.05) is 13.1 Å². The molecule has 1 aliphatic rings. The van der Waals surface area contributed by atoms with Gasteiger partial charge in [0.15, 0.2) is 0 Å². The molecule has 3 aromatic rings. The fourth-order valence-corrected chi connectivity index (χ4v) is 5.63. The van der Waals surface area contributed by atoms with Gasteiger partial charge in [0.1, 0.15) is 5.82 Å². The SMILES string of the molecule is Cc1nc2sc([C@@H](c3ccc(Cl)c(Cl)c3)N3C[C@@H](C)C[C@H](C)C3)c(O)n2n1. The number of rotatable bonds is 3. The van der Waals surface area contributed by atoms with E-state index in [-0.39, 0.29) is 11.9 Å². The molecule has 1 saturated heterocycles. The molecular weight excluding hydrogens is 403 g/mol. The minimum absolute atomic E-state index is 0.112. The predicted molar refractivity (Wildman–Crippen MR) is 110 cm³/mol. The van der Waals surface area contributed by atoms with Gasteiger partial charge in [-0.2, -0.15) is 4.52 Å². The predicted octanol–water partition coefficient (Wildman–Crippen LogP) is 5.18. The van der Waals surface area contributed by atoms with Crippen LogP contribution in [0.3, 0.4) is 0 Å². The maximum Gasteiger partial charge on any atom is 0.230 e. The molecule has 144 valence electrons. The fourth-order valence-electron chi connectivity index (χ4n) is 4.16. The van der Waals surface area contributed by atoms with Gasteiger partial charge in [-0.15, -0.1) is 5.10 Å². The Labute approximate surface area is 172 Å². The molecule has 2 aromatic heterocycles. The molecule has 1 N–H and O–H groups in total. The number of thiazole rings is 1. The highest BCUT2D eigenvalue weighted by Gasteiger charge is 2.33. The number of halogens is 2. The second-order valence-electron chi connectivity index (χ2n) is 7.62. The summed E-state index contributed by atoms with van der Waals surface area (Å²) in [5.74, 6) is 1.98. The zero-order valence-corrected chi connectivity index (χ0v) is 17.8. The maximum absolute atomic E-state index is 10.9. The van der Waals surface area contributed by atoms with Gasteiger partial charge < -0.3 is 5.11 Å². The lowest BCUT2D eigenvalue weighted by Crippen LogP contribution is -2.41. The number of aryl methyl sites for hydroxylation is 1. The molecule has 27 heavy (non-hydrogen) atoms. The van der Waals surface area contributed by atoms with Crippen LogP contribution in [0.5, 0.6) is 5.88 Å². The van der Waals surface area contributed by atoms with E-state index in [9.17, 15) is 5.11 Å². The van der Waals surface area contributed by atoms with Gasteiger partial charge in [0, 0.05) is 13.1 Å². The van der Waals surface area contributed by atoms with E-state index >= 15 is 0 Å². The van der Waals surface area contributed by atoms with Crippen LogP contribution in [0.25, 0.3) is 4.96 Å². The van der Waals surface area contributed by atoms with Gasteiger partial charge >= 0.3 is 0 Å². The molecular formula is C19H22Cl2N4OS. The van der Waals surface area contributed by atoms with E-state index in [2.05, 4.69) is 28.8 Å². The van der Waals surface area contributed by atoms with Crippen molar-refractivity contribution in [1.29, 1.82) is 0 Å². The Bertz CT molecular complexity index is 976. The summed E-state index contributed by atoms with van der Waals surface area (Å²) < 4.78 is 1.52. The average Bonchev–Trinajstić information content (AvgIpc) is 3.08. The molecule has 3 heterocycles. The Morgan fingerprint density at radius 1 is 1.19 bits per heavy atom. The first-order valence-electron chi connectivity index (χ1n) is 9.07. The topological polar surface area (TPSA) is 53.7 Å². The summed E-state index contributed by atoms with van der Waals surface area (Å²) in [6, 6.07) is 5.60. The van der Waals surface area contributed by atoms with Crippen molar-refractivity contribution in [3.63, 3.8) is 0 Å². The van der Waals surface area contributed by atoms with Crippen LogP contribution in [-0.2, 0) is 0 Å². The number of hydrogen-bond donors (Lipinski definition) is 1. The van der Waals surface area contributed by atoms with Gasteiger partial charge in [-0.05, 0) is 42.9 Å². The quantitative estimate of drug-likeness (QED) is 0.629. The van der Waals surface area contributed by atoms with Crippen LogP contribution in [0, 0.1) is 18.8 Å². The Hall–Kier alpha value is -1.34. The Kier molecular flexibility index (Phi) is 5.10. The van der Waals surface area contributed by atoms with Crippen molar-refractivity contribution in [2.45, 2.75) is 33.2 Å². The van der Waals surface area contributed by atoms with Crippen molar-refractivity contribution in [3.8, 4) is 5.88 Å². The van der Waals surface area contributed by atoms with E-state index in [0.717, 1.165) is 23.5 Å². The highest BCUT2D eigenvalue weighted by atomic mass is 35.5. The van der Waals surface area contributed by atoms with Crippen LogP contribution in [0.15, 0.2) is 18.2 Å². The molecule has 4 rings (SSSR count). The van der Waals surface area contributed by atoms with Crippen LogP contribution >= 0.6 is 34.5 Å². The van der Waals surface area contributed by atoms with Crippen LogP contribution in [0.1, 0.15) is 42.6 Å². The van der Waals surface area contributed by atoms with E-state index in [1.807, 2.05) is 25.1 Å².